The highest BCUT2D eigenvalue weighted by molar-refractivity contribution is 8.00. The van der Waals surface area contributed by atoms with E-state index in [1.165, 1.54) is 0 Å². The minimum atomic E-state index is -0.881. The van der Waals surface area contributed by atoms with E-state index in [2.05, 4.69) is 19.7 Å². The molecule has 1 aromatic carbocycles. The Morgan fingerprint density at radius 3 is 2.79 bits per heavy atom. The SMILES string of the molecule is CCn1c2ccccc2c2nnc(S[C@@H](C)C(=O)NC(N)=O)nc21. The fraction of sp³-hybridized carbons (Fsp3) is 0.267. The lowest BCUT2D eigenvalue weighted by molar-refractivity contribution is -0.119. The van der Waals surface area contributed by atoms with Crippen molar-refractivity contribution in [1.82, 2.24) is 25.1 Å². The molecular weight excluding hydrogens is 328 g/mol. The summed E-state index contributed by atoms with van der Waals surface area (Å²) < 4.78 is 2.05. The number of nitrogens with two attached hydrogens (primary N) is 1. The van der Waals surface area contributed by atoms with Gasteiger partial charge in [0.2, 0.25) is 11.1 Å². The molecule has 0 bridgehead atoms. The molecule has 0 aliphatic carbocycles. The molecule has 0 fully saturated rings. The second-order valence-electron chi connectivity index (χ2n) is 5.14. The van der Waals surface area contributed by atoms with E-state index in [9.17, 15) is 9.59 Å². The number of nitrogens with one attached hydrogen (secondary N) is 1. The van der Waals surface area contributed by atoms with Crippen LogP contribution in [-0.4, -0.2) is 36.9 Å². The normalized spacial score (nSPS) is 12.4. The van der Waals surface area contributed by atoms with Crippen LogP contribution in [0.3, 0.4) is 0 Å². The van der Waals surface area contributed by atoms with Crippen molar-refractivity contribution >= 4 is 45.8 Å². The molecule has 0 unspecified atom stereocenters. The van der Waals surface area contributed by atoms with E-state index >= 15 is 0 Å². The summed E-state index contributed by atoms with van der Waals surface area (Å²) in [7, 11) is 0. The molecule has 3 N–H and O–H groups in total. The van der Waals surface area contributed by atoms with Crippen LogP contribution in [-0.2, 0) is 11.3 Å². The topological polar surface area (TPSA) is 116 Å². The van der Waals surface area contributed by atoms with Gasteiger partial charge in [-0.25, -0.2) is 9.78 Å². The number of nitrogens with zero attached hydrogens (tertiary/aromatic N) is 4. The molecule has 0 radical (unpaired) electrons. The van der Waals surface area contributed by atoms with Crippen molar-refractivity contribution in [3.05, 3.63) is 24.3 Å². The van der Waals surface area contributed by atoms with Crippen LogP contribution in [0.15, 0.2) is 29.4 Å². The fourth-order valence-corrected chi connectivity index (χ4v) is 3.20. The summed E-state index contributed by atoms with van der Waals surface area (Å²) in [4.78, 5) is 27.1. The molecule has 2 heterocycles. The van der Waals surface area contributed by atoms with Crippen molar-refractivity contribution in [2.75, 3.05) is 0 Å². The maximum absolute atomic E-state index is 11.8. The number of benzene rings is 1. The predicted molar refractivity (Wildman–Crippen MR) is 91.5 cm³/mol. The number of urea groups is 1. The largest absolute Gasteiger partial charge is 0.351 e. The summed E-state index contributed by atoms with van der Waals surface area (Å²) in [6, 6.07) is 7.02. The van der Waals surface area contributed by atoms with Gasteiger partial charge in [-0.3, -0.25) is 10.1 Å². The van der Waals surface area contributed by atoms with Crippen LogP contribution >= 0.6 is 11.8 Å². The molecule has 3 rings (SSSR count). The number of fused-ring (bicyclic) bond motifs is 3. The first-order chi connectivity index (χ1) is 11.5. The van der Waals surface area contributed by atoms with Gasteiger partial charge in [0.15, 0.2) is 5.65 Å². The highest BCUT2D eigenvalue weighted by Crippen LogP contribution is 2.27. The van der Waals surface area contributed by atoms with Crippen molar-refractivity contribution in [1.29, 1.82) is 0 Å². The number of rotatable bonds is 4. The summed E-state index contributed by atoms with van der Waals surface area (Å²) in [5.41, 5.74) is 7.44. The number of primary amides is 1. The predicted octanol–water partition coefficient (Wildman–Crippen LogP) is 1.67. The lowest BCUT2D eigenvalue weighted by atomic mass is 10.2. The number of hydrogen-bond donors (Lipinski definition) is 2. The van der Waals surface area contributed by atoms with Crippen molar-refractivity contribution in [3.8, 4) is 0 Å². The quantitative estimate of drug-likeness (QED) is 0.696. The Morgan fingerprint density at radius 1 is 1.33 bits per heavy atom. The Kier molecular flexibility index (Phi) is 4.34. The van der Waals surface area contributed by atoms with E-state index in [1.807, 2.05) is 36.5 Å². The molecule has 2 aromatic heterocycles. The molecule has 0 spiro atoms. The van der Waals surface area contributed by atoms with Gasteiger partial charge in [-0.2, -0.15) is 0 Å². The summed E-state index contributed by atoms with van der Waals surface area (Å²) >= 11 is 1.12. The number of aromatic nitrogens is 4. The van der Waals surface area contributed by atoms with Crippen LogP contribution in [0.4, 0.5) is 4.79 Å². The summed E-state index contributed by atoms with van der Waals surface area (Å²) in [5.74, 6) is -0.493. The number of amides is 3. The average molecular weight is 344 g/mol. The average Bonchev–Trinajstić information content (AvgIpc) is 2.87. The molecule has 1 atom stereocenters. The van der Waals surface area contributed by atoms with Crippen LogP contribution in [0, 0.1) is 0 Å². The number of carbonyl (C=O) groups is 2. The Morgan fingerprint density at radius 2 is 2.08 bits per heavy atom. The highest BCUT2D eigenvalue weighted by Gasteiger charge is 2.19. The van der Waals surface area contributed by atoms with Crippen LogP contribution in [0.1, 0.15) is 13.8 Å². The zero-order valence-corrected chi connectivity index (χ0v) is 14.0. The molecule has 0 aliphatic heterocycles. The molecule has 0 saturated heterocycles. The van der Waals surface area contributed by atoms with E-state index < -0.39 is 17.2 Å². The summed E-state index contributed by atoms with van der Waals surface area (Å²) in [6.07, 6.45) is 0. The highest BCUT2D eigenvalue weighted by atomic mass is 32.2. The Balaban J connectivity index is 1.98. The van der Waals surface area contributed by atoms with Gasteiger partial charge in [-0.1, -0.05) is 30.0 Å². The second kappa shape index (κ2) is 6.44. The van der Waals surface area contributed by atoms with Gasteiger partial charge in [-0.15, -0.1) is 10.2 Å². The smallest absolute Gasteiger partial charge is 0.318 e. The summed E-state index contributed by atoms with van der Waals surface area (Å²) in [6.45, 7) is 4.42. The zero-order valence-electron chi connectivity index (χ0n) is 13.2. The number of aryl methyl sites for hydroxylation is 1. The van der Waals surface area contributed by atoms with E-state index in [4.69, 9.17) is 5.73 Å². The third-order valence-electron chi connectivity index (χ3n) is 3.57. The van der Waals surface area contributed by atoms with E-state index in [0.29, 0.717) is 5.16 Å². The molecule has 0 aliphatic rings. The van der Waals surface area contributed by atoms with Gasteiger partial charge in [0, 0.05) is 11.9 Å². The number of para-hydroxylation sites is 1. The monoisotopic (exact) mass is 344 g/mol. The molecule has 3 aromatic rings. The summed E-state index contributed by atoms with van der Waals surface area (Å²) in [5, 5.41) is 11.2. The van der Waals surface area contributed by atoms with E-state index in [0.717, 1.165) is 40.4 Å². The number of hydrogen-bond acceptors (Lipinski definition) is 6. The molecular formula is C15H16N6O2S. The Hall–Kier alpha value is -2.68. The first-order valence-electron chi connectivity index (χ1n) is 7.40. The maximum atomic E-state index is 11.8. The Bertz CT molecular complexity index is 938. The number of imide groups is 1. The first kappa shape index (κ1) is 16.2. The maximum Gasteiger partial charge on any atom is 0.318 e. The molecule has 8 nitrogen and oxygen atoms in total. The molecule has 9 heteroatoms. The van der Waals surface area contributed by atoms with Crippen LogP contribution in [0.25, 0.3) is 22.1 Å². The minimum Gasteiger partial charge on any atom is -0.351 e. The van der Waals surface area contributed by atoms with Crippen molar-refractivity contribution in [2.45, 2.75) is 30.8 Å². The van der Waals surface area contributed by atoms with Gasteiger partial charge < -0.3 is 10.3 Å². The van der Waals surface area contributed by atoms with Crippen LogP contribution < -0.4 is 11.1 Å². The van der Waals surface area contributed by atoms with E-state index in [-0.39, 0.29) is 0 Å². The fourth-order valence-electron chi connectivity index (χ4n) is 2.49. The van der Waals surface area contributed by atoms with E-state index in [1.54, 1.807) is 6.92 Å². The van der Waals surface area contributed by atoms with Gasteiger partial charge >= 0.3 is 6.03 Å². The number of carbonyl (C=O) groups excluding carboxylic acids is 2. The molecule has 3 amide bonds. The van der Waals surface area contributed by atoms with Crippen LogP contribution in [0.2, 0.25) is 0 Å². The van der Waals surface area contributed by atoms with Crippen molar-refractivity contribution in [2.24, 2.45) is 5.73 Å². The zero-order chi connectivity index (χ0) is 17.3. The molecule has 24 heavy (non-hydrogen) atoms. The second-order valence-corrected chi connectivity index (χ2v) is 6.45. The standard InChI is InChI=1S/C15H16N6O2S/c1-3-21-10-7-5-4-6-9(10)11-12(21)17-15(20-19-11)24-8(2)13(22)18-14(16)23/h4-8H,3H2,1-2H3,(H3,16,18,22,23)/t8-/m0/s1. The van der Waals surface area contributed by atoms with Gasteiger partial charge in [0.25, 0.3) is 0 Å². The Labute approximate surface area is 141 Å². The van der Waals surface area contributed by atoms with Crippen molar-refractivity contribution < 1.29 is 9.59 Å². The third-order valence-corrected chi connectivity index (χ3v) is 4.52. The van der Waals surface area contributed by atoms with Gasteiger partial charge in [0.1, 0.15) is 5.52 Å². The van der Waals surface area contributed by atoms with Crippen molar-refractivity contribution in [3.63, 3.8) is 0 Å². The third kappa shape index (κ3) is 2.90. The minimum absolute atomic E-state index is 0.368. The first-order valence-corrected chi connectivity index (χ1v) is 8.27. The lowest BCUT2D eigenvalue weighted by Gasteiger charge is -2.08. The van der Waals surface area contributed by atoms with Gasteiger partial charge in [-0.05, 0) is 19.9 Å². The number of thioether (sulfide) groups is 1. The van der Waals surface area contributed by atoms with Crippen LogP contribution in [0.5, 0.6) is 0 Å². The molecule has 0 saturated carbocycles. The molecule has 124 valence electrons. The lowest BCUT2D eigenvalue weighted by Crippen LogP contribution is -2.39. The van der Waals surface area contributed by atoms with Gasteiger partial charge in [0.05, 0.1) is 10.8 Å².